The van der Waals surface area contributed by atoms with Crippen molar-refractivity contribution in [2.45, 2.75) is 51.4 Å². The minimum absolute atomic E-state index is 0.178. The molecule has 0 amide bonds. The maximum Gasteiger partial charge on any atom is 0.335 e. The molecular weight excluding hydrogens is 234 g/mol. The average molecular weight is 257 g/mol. The summed E-state index contributed by atoms with van der Waals surface area (Å²) in [4.78, 5) is 11.3. The average Bonchev–Trinajstić information content (AvgIpc) is 2.31. The van der Waals surface area contributed by atoms with Crippen molar-refractivity contribution < 1.29 is 14.3 Å². The van der Waals surface area contributed by atoms with Crippen LogP contribution in [-0.4, -0.2) is 43.2 Å². The fourth-order valence-electron chi connectivity index (χ4n) is 1.76. The molecule has 0 bridgehead atoms. The van der Waals surface area contributed by atoms with Gasteiger partial charge in [0.25, 0.3) is 0 Å². The molecule has 0 radical (unpaired) electrons. The Bertz CT molecular complexity index is 296. The number of ether oxygens (including phenoxy) is 2. The first-order valence-corrected chi connectivity index (χ1v) is 6.37. The molecule has 104 valence electrons. The molecule has 2 unspecified atom stereocenters. The number of carbonyl (C=O) groups is 1. The Labute approximate surface area is 108 Å². The van der Waals surface area contributed by atoms with Crippen LogP contribution in [0.2, 0.25) is 0 Å². The van der Waals surface area contributed by atoms with E-state index in [1.54, 1.807) is 13.8 Å². The van der Waals surface area contributed by atoms with E-state index >= 15 is 0 Å². The lowest BCUT2D eigenvalue weighted by molar-refractivity contribution is -0.183. The molecule has 4 N–H and O–H groups in total. The fourth-order valence-corrected chi connectivity index (χ4v) is 1.76. The molecular formula is C12H23N3O3. The van der Waals surface area contributed by atoms with E-state index in [1.165, 1.54) is 0 Å². The van der Waals surface area contributed by atoms with E-state index in [-0.39, 0.29) is 18.1 Å². The Kier molecular flexibility index (Phi) is 6.07. The predicted molar refractivity (Wildman–Crippen MR) is 68.5 cm³/mol. The molecule has 1 saturated heterocycles. The molecule has 0 aromatic carbocycles. The van der Waals surface area contributed by atoms with E-state index in [0.29, 0.717) is 12.4 Å². The number of cyclic esters (lactones) is 1. The maximum atomic E-state index is 11.3. The second-order valence-corrected chi connectivity index (χ2v) is 4.66. The highest BCUT2D eigenvalue weighted by Crippen LogP contribution is 2.14. The summed E-state index contributed by atoms with van der Waals surface area (Å²) in [6, 6.07) is -0.178. The van der Waals surface area contributed by atoms with Crippen molar-refractivity contribution in [2.75, 3.05) is 13.2 Å². The lowest BCUT2D eigenvalue weighted by Gasteiger charge is -2.30. The summed E-state index contributed by atoms with van der Waals surface area (Å²) in [6.45, 7) is 4.55. The standard InChI is InChI=1S/C12H23N3O3/c1-8-12(16)18-11(7-17-8)10(14)5-3-4-6-15-9(2)13/h8,10-11H,3-7,14H2,1-2H3,(H2,13,15)/t8?,10-,11?/m0/s1. The van der Waals surface area contributed by atoms with Gasteiger partial charge in [-0.15, -0.1) is 0 Å². The first-order chi connectivity index (χ1) is 8.50. The molecule has 3 atom stereocenters. The molecule has 6 nitrogen and oxygen atoms in total. The van der Waals surface area contributed by atoms with Gasteiger partial charge in [0.2, 0.25) is 0 Å². The van der Waals surface area contributed by atoms with Crippen LogP contribution in [0.25, 0.3) is 0 Å². The largest absolute Gasteiger partial charge is 0.456 e. The van der Waals surface area contributed by atoms with Gasteiger partial charge in [0, 0.05) is 12.6 Å². The summed E-state index contributed by atoms with van der Waals surface area (Å²) in [5.41, 5.74) is 5.98. The van der Waals surface area contributed by atoms with Gasteiger partial charge in [0.15, 0.2) is 6.10 Å². The number of amidine groups is 1. The molecule has 0 aromatic heterocycles. The Balaban J connectivity index is 2.15. The van der Waals surface area contributed by atoms with Crippen LogP contribution >= 0.6 is 0 Å². The van der Waals surface area contributed by atoms with Crippen molar-refractivity contribution in [3.8, 4) is 0 Å². The number of carbonyl (C=O) groups excluding carboxylic acids is 1. The Morgan fingerprint density at radius 1 is 1.61 bits per heavy atom. The smallest absolute Gasteiger partial charge is 0.335 e. The van der Waals surface area contributed by atoms with Gasteiger partial charge in [-0.2, -0.15) is 0 Å². The van der Waals surface area contributed by atoms with Crippen LogP contribution in [0.1, 0.15) is 33.1 Å². The molecule has 1 aliphatic rings. The Morgan fingerprint density at radius 2 is 2.33 bits per heavy atom. The number of esters is 1. The van der Waals surface area contributed by atoms with Gasteiger partial charge >= 0.3 is 5.97 Å². The van der Waals surface area contributed by atoms with E-state index in [9.17, 15) is 4.79 Å². The van der Waals surface area contributed by atoms with Gasteiger partial charge in [0.05, 0.1) is 12.4 Å². The van der Waals surface area contributed by atoms with Crippen LogP contribution in [-0.2, 0) is 14.3 Å². The van der Waals surface area contributed by atoms with Crippen molar-refractivity contribution in [1.29, 1.82) is 5.41 Å². The SMILES string of the molecule is CC(=N)NCCCC[C@H](N)C1COC(C)C(=O)O1. The van der Waals surface area contributed by atoms with Gasteiger partial charge in [-0.25, -0.2) is 4.79 Å². The lowest BCUT2D eigenvalue weighted by atomic mass is 10.0. The third-order valence-corrected chi connectivity index (χ3v) is 2.94. The molecule has 18 heavy (non-hydrogen) atoms. The summed E-state index contributed by atoms with van der Waals surface area (Å²) in [6.07, 6.45) is 1.86. The molecule has 0 spiro atoms. The highest BCUT2D eigenvalue weighted by molar-refractivity contribution is 5.75. The predicted octanol–water partition coefficient (Wildman–Crippen LogP) is 0.401. The number of unbranched alkanes of at least 4 members (excludes halogenated alkanes) is 1. The number of rotatable bonds is 6. The van der Waals surface area contributed by atoms with Gasteiger partial charge in [-0.1, -0.05) is 6.42 Å². The normalized spacial score (nSPS) is 25.4. The first-order valence-electron chi connectivity index (χ1n) is 6.37. The van der Waals surface area contributed by atoms with Crippen LogP contribution in [0, 0.1) is 5.41 Å². The van der Waals surface area contributed by atoms with Crippen LogP contribution < -0.4 is 11.1 Å². The monoisotopic (exact) mass is 257 g/mol. The quantitative estimate of drug-likeness (QED) is 0.277. The number of hydrogen-bond donors (Lipinski definition) is 3. The minimum atomic E-state index is -0.479. The molecule has 1 aliphatic heterocycles. The zero-order valence-corrected chi connectivity index (χ0v) is 11.1. The van der Waals surface area contributed by atoms with Crippen molar-refractivity contribution in [3.05, 3.63) is 0 Å². The molecule has 1 rings (SSSR count). The van der Waals surface area contributed by atoms with E-state index in [1.807, 2.05) is 0 Å². The van der Waals surface area contributed by atoms with Crippen LogP contribution in [0.3, 0.4) is 0 Å². The lowest BCUT2D eigenvalue weighted by Crippen LogP contribution is -2.48. The molecule has 1 heterocycles. The highest BCUT2D eigenvalue weighted by Gasteiger charge is 2.31. The number of nitrogens with one attached hydrogen (secondary N) is 2. The molecule has 0 saturated carbocycles. The topological polar surface area (TPSA) is 97.4 Å². The maximum absolute atomic E-state index is 11.3. The third kappa shape index (κ3) is 5.01. The van der Waals surface area contributed by atoms with E-state index in [2.05, 4.69) is 5.32 Å². The van der Waals surface area contributed by atoms with E-state index < -0.39 is 6.10 Å². The van der Waals surface area contributed by atoms with Crippen molar-refractivity contribution >= 4 is 11.8 Å². The number of hydrogen-bond acceptors (Lipinski definition) is 5. The minimum Gasteiger partial charge on any atom is -0.456 e. The molecule has 1 fully saturated rings. The first kappa shape index (κ1) is 14.9. The summed E-state index contributed by atoms with van der Waals surface area (Å²) in [5, 5.41) is 10.2. The molecule has 6 heteroatoms. The summed E-state index contributed by atoms with van der Waals surface area (Å²) in [5.74, 6) is 0.144. The van der Waals surface area contributed by atoms with Gasteiger partial charge in [-0.3, -0.25) is 5.41 Å². The van der Waals surface area contributed by atoms with Crippen LogP contribution in [0.5, 0.6) is 0 Å². The van der Waals surface area contributed by atoms with Gasteiger partial charge in [0.1, 0.15) is 6.10 Å². The fraction of sp³-hybridized carbons (Fsp3) is 0.833. The highest BCUT2D eigenvalue weighted by atomic mass is 16.6. The van der Waals surface area contributed by atoms with Gasteiger partial charge in [-0.05, 0) is 26.7 Å². The Hall–Kier alpha value is -1.14. The van der Waals surface area contributed by atoms with Gasteiger partial charge < -0.3 is 20.5 Å². The van der Waals surface area contributed by atoms with Crippen molar-refractivity contribution in [1.82, 2.24) is 5.32 Å². The van der Waals surface area contributed by atoms with Crippen LogP contribution in [0.4, 0.5) is 0 Å². The van der Waals surface area contributed by atoms with E-state index in [0.717, 1.165) is 25.8 Å². The zero-order valence-electron chi connectivity index (χ0n) is 11.1. The van der Waals surface area contributed by atoms with Crippen molar-refractivity contribution in [2.24, 2.45) is 5.73 Å². The van der Waals surface area contributed by atoms with Crippen molar-refractivity contribution in [3.63, 3.8) is 0 Å². The van der Waals surface area contributed by atoms with Crippen LogP contribution in [0.15, 0.2) is 0 Å². The summed E-state index contributed by atoms with van der Waals surface area (Å²) >= 11 is 0. The second kappa shape index (κ2) is 7.33. The summed E-state index contributed by atoms with van der Waals surface area (Å²) < 4.78 is 10.5. The molecule has 0 aromatic rings. The Morgan fingerprint density at radius 3 is 2.94 bits per heavy atom. The zero-order chi connectivity index (χ0) is 13.5. The second-order valence-electron chi connectivity index (χ2n) is 4.66. The number of nitrogens with two attached hydrogens (primary N) is 1. The summed E-state index contributed by atoms with van der Waals surface area (Å²) in [7, 11) is 0. The molecule has 0 aliphatic carbocycles. The van der Waals surface area contributed by atoms with E-state index in [4.69, 9.17) is 20.6 Å². The third-order valence-electron chi connectivity index (χ3n) is 2.94.